The molecule has 0 spiro atoms. The molecular weight excluding hydrogens is 230 g/mol. The second kappa shape index (κ2) is 5.89. The van der Waals surface area contributed by atoms with E-state index in [9.17, 15) is 0 Å². The van der Waals surface area contributed by atoms with Crippen LogP contribution in [0.1, 0.15) is 5.56 Å². The van der Waals surface area contributed by atoms with Crippen molar-refractivity contribution in [3.63, 3.8) is 0 Å². The van der Waals surface area contributed by atoms with Gasteiger partial charge in [0, 0.05) is 5.56 Å². The van der Waals surface area contributed by atoms with Gasteiger partial charge in [0.05, 0.1) is 16.9 Å². The lowest BCUT2D eigenvalue weighted by atomic mass is 10.2. The molecule has 0 N–H and O–H groups in total. The summed E-state index contributed by atoms with van der Waals surface area (Å²) in [5.74, 6) is 5.87. The van der Waals surface area contributed by atoms with Crippen molar-refractivity contribution in [2.24, 2.45) is 4.99 Å². The van der Waals surface area contributed by atoms with Gasteiger partial charge in [0.1, 0.15) is 0 Å². The number of halogens is 1. The Balaban J connectivity index is 2.09. The second-order valence-corrected chi connectivity index (χ2v) is 3.75. The summed E-state index contributed by atoms with van der Waals surface area (Å²) in [6, 6.07) is 17.2. The number of hydrogen-bond acceptors (Lipinski definition) is 1. The zero-order valence-electron chi connectivity index (χ0n) is 9.10. The minimum absolute atomic E-state index is 0.630. The monoisotopic (exact) mass is 239 g/mol. The lowest BCUT2D eigenvalue weighted by molar-refractivity contribution is 1.54. The molecule has 0 aliphatic rings. The Hall–Kier alpha value is -2.04. The molecule has 0 aromatic heterocycles. The fourth-order valence-corrected chi connectivity index (χ4v) is 1.48. The zero-order chi connectivity index (χ0) is 11.9. The highest BCUT2D eigenvalue weighted by molar-refractivity contribution is 6.33. The number of para-hydroxylation sites is 1. The smallest absolute Gasteiger partial charge is 0.0823 e. The van der Waals surface area contributed by atoms with E-state index >= 15 is 0 Å². The van der Waals surface area contributed by atoms with Crippen molar-refractivity contribution in [3.05, 3.63) is 65.2 Å². The van der Waals surface area contributed by atoms with Crippen molar-refractivity contribution >= 4 is 23.5 Å². The van der Waals surface area contributed by atoms with Crippen LogP contribution in [0, 0.1) is 11.8 Å². The van der Waals surface area contributed by atoms with E-state index in [0.29, 0.717) is 5.02 Å². The van der Waals surface area contributed by atoms with Crippen molar-refractivity contribution < 1.29 is 0 Å². The second-order valence-electron chi connectivity index (χ2n) is 3.34. The molecule has 2 aromatic rings. The molecule has 0 atom stereocenters. The maximum atomic E-state index is 5.96. The number of nitrogens with zero attached hydrogens (tertiary/aromatic N) is 1. The highest BCUT2D eigenvalue weighted by Crippen LogP contribution is 2.22. The Morgan fingerprint density at radius 2 is 1.65 bits per heavy atom. The Morgan fingerprint density at radius 3 is 2.41 bits per heavy atom. The summed E-state index contributed by atoms with van der Waals surface area (Å²) in [4.78, 5) is 4.19. The van der Waals surface area contributed by atoms with Crippen LogP contribution >= 0.6 is 11.6 Å². The molecule has 17 heavy (non-hydrogen) atoms. The molecule has 0 aliphatic carbocycles. The van der Waals surface area contributed by atoms with E-state index in [2.05, 4.69) is 16.8 Å². The number of aliphatic imine (C=N–C) groups is 1. The van der Waals surface area contributed by atoms with Gasteiger partial charge in [-0.1, -0.05) is 47.9 Å². The van der Waals surface area contributed by atoms with Crippen LogP contribution in [0.4, 0.5) is 5.69 Å². The Labute approximate surface area is 106 Å². The van der Waals surface area contributed by atoms with Gasteiger partial charge in [0.25, 0.3) is 0 Å². The molecule has 0 unspecified atom stereocenters. The third-order valence-electron chi connectivity index (χ3n) is 2.11. The van der Waals surface area contributed by atoms with Crippen LogP contribution in [0.3, 0.4) is 0 Å². The standard InChI is InChI=1S/C15H10ClN/c16-14-10-4-5-11-15(14)17-12-6-9-13-7-2-1-3-8-13/h1-5,7-8,10-12H. The average Bonchev–Trinajstić information content (AvgIpc) is 2.38. The number of benzene rings is 2. The molecule has 0 amide bonds. The quantitative estimate of drug-likeness (QED) is 0.525. The summed E-state index contributed by atoms with van der Waals surface area (Å²) in [6.45, 7) is 0. The Kier molecular flexibility index (Phi) is 3.96. The van der Waals surface area contributed by atoms with Crippen LogP contribution in [-0.2, 0) is 0 Å². The molecule has 0 radical (unpaired) electrons. The maximum absolute atomic E-state index is 5.96. The molecule has 0 bridgehead atoms. The van der Waals surface area contributed by atoms with E-state index in [1.54, 1.807) is 12.3 Å². The molecule has 2 rings (SSSR count). The van der Waals surface area contributed by atoms with Gasteiger partial charge >= 0.3 is 0 Å². The summed E-state index contributed by atoms with van der Waals surface area (Å²) in [6.07, 6.45) is 1.56. The molecule has 0 heterocycles. The first-order valence-electron chi connectivity index (χ1n) is 5.20. The summed E-state index contributed by atoms with van der Waals surface area (Å²) in [5.41, 5.74) is 1.70. The van der Waals surface area contributed by atoms with Crippen molar-refractivity contribution in [2.45, 2.75) is 0 Å². The normalized spacial score (nSPS) is 9.94. The third kappa shape index (κ3) is 3.48. The summed E-state index contributed by atoms with van der Waals surface area (Å²) in [7, 11) is 0. The molecule has 0 fully saturated rings. The van der Waals surface area contributed by atoms with Gasteiger partial charge in [-0.05, 0) is 30.2 Å². The molecule has 1 nitrogen and oxygen atoms in total. The van der Waals surface area contributed by atoms with Crippen molar-refractivity contribution in [1.29, 1.82) is 0 Å². The molecule has 0 saturated carbocycles. The number of rotatable bonds is 1. The van der Waals surface area contributed by atoms with Crippen LogP contribution < -0.4 is 0 Å². The summed E-state index contributed by atoms with van der Waals surface area (Å²) in [5, 5.41) is 0.630. The van der Waals surface area contributed by atoms with Crippen LogP contribution in [0.2, 0.25) is 5.02 Å². The molecule has 82 valence electrons. The fraction of sp³-hybridized carbons (Fsp3) is 0. The van der Waals surface area contributed by atoms with Crippen molar-refractivity contribution in [2.75, 3.05) is 0 Å². The highest BCUT2D eigenvalue weighted by atomic mass is 35.5. The third-order valence-corrected chi connectivity index (χ3v) is 2.43. The average molecular weight is 240 g/mol. The highest BCUT2D eigenvalue weighted by Gasteiger charge is 1.92. The van der Waals surface area contributed by atoms with Crippen molar-refractivity contribution in [3.8, 4) is 11.8 Å². The van der Waals surface area contributed by atoms with Gasteiger partial charge in [0.2, 0.25) is 0 Å². The SMILES string of the molecule is Clc1ccccc1N=CC#Cc1ccccc1. The minimum atomic E-state index is 0.630. The predicted molar refractivity (Wildman–Crippen MR) is 72.9 cm³/mol. The van der Waals surface area contributed by atoms with E-state index < -0.39 is 0 Å². The lowest BCUT2D eigenvalue weighted by Gasteiger charge is -1.93. The summed E-state index contributed by atoms with van der Waals surface area (Å²) >= 11 is 5.96. The largest absolute Gasteiger partial charge is 0.246 e. The topological polar surface area (TPSA) is 12.4 Å². The van der Waals surface area contributed by atoms with Crippen LogP contribution in [-0.4, -0.2) is 6.21 Å². The van der Waals surface area contributed by atoms with Gasteiger partial charge in [-0.2, -0.15) is 0 Å². The van der Waals surface area contributed by atoms with Gasteiger partial charge in [-0.3, -0.25) is 0 Å². The predicted octanol–water partition coefficient (Wildman–Crippen LogP) is 4.09. The Morgan fingerprint density at radius 1 is 0.941 bits per heavy atom. The summed E-state index contributed by atoms with van der Waals surface area (Å²) < 4.78 is 0. The van der Waals surface area contributed by atoms with E-state index in [4.69, 9.17) is 11.6 Å². The fourth-order valence-electron chi connectivity index (χ4n) is 1.30. The van der Waals surface area contributed by atoms with Crippen LogP contribution in [0.15, 0.2) is 59.6 Å². The molecular formula is C15H10ClN. The minimum Gasteiger partial charge on any atom is -0.246 e. The van der Waals surface area contributed by atoms with Crippen LogP contribution in [0.5, 0.6) is 0 Å². The first-order chi connectivity index (χ1) is 8.36. The molecule has 0 saturated heterocycles. The van der Waals surface area contributed by atoms with Gasteiger partial charge < -0.3 is 0 Å². The molecule has 0 aliphatic heterocycles. The molecule has 2 heteroatoms. The van der Waals surface area contributed by atoms with Gasteiger partial charge in [0.15, 0.2) is 0 Å². The van der Waals surface area contributed by atoms with E-state index in [-0.39, 0.29) is 0 Å². The van der Waals surface area contributed by atoms with E-state index in [0.717, 1.165) is 11.3 Å². The number of hydrogen-bond donors (Lipinski definition) is 0. The maximum Gasteiger partial charge on any atom is 0.0823 e. The van der Waals surface area contributed by atoms with Crippen LogP contribution in [0.25, 0.3) is 0 Å². The lowest BCUT2D eigenvalue weighted by Crippen LogP contribution is -1.72. The van der Waals surface area contributed by atoms with Gasteiger partial charge in [-0.15, -0.1) is 0 Å². The molecule has 2 aromatic carbocycles. The van der Waals surface area contributed by atoms with Gasteiger partial charge in [-0.25, -0.2) is 4.99 Å². The van der Waals surface area contributed by atoms with E-state index in [1.165, 1.54) is 0 Å². The Bertz CT molecular complexity index is 577. The first-order valence-corrected chi connectivity index (χ1v) is 5.58. The first kappa shape index (κ1) is 11.4. The van der Waals surface area contributed by atoms with Crippen molar-refractivity contribution in [1.82, 2.24) is 0 Å². The zero-order valence-corrected chi connectivity index (χ0v) is 9.85. The van der Waals surface area contributed by atoms with E-state index in [1.807, 2.05) is 48.5 Å².